The maximum Gasteiger partial charge on any atom is 0.269 e. The Kier molecular flexibility index (Phi) is 17.5. The van der Waals surface area contributed by atoms with Gasteiger partial charge in [0.25, 0.3) is 5.69 Å². The summed E-state index contributed by atoms with van der Waals surface area (Å²) in [4.78, 5) is 35.7. The van der Waals surface area contributed by atoms with Gasteiger partial charge < -0.3 is 43.6 Å². The number of amides is 1. The number of rotatable bonds is 25. The van der Waals surface area contributed by atoms with Crippen molar-refractivity contribution in [1.29, 1.82) is 0 Å². The molecule has 2 N–H and O–H groups in total. The highest BCUT2D eigenvalue weighted by molar-refractivity contribution is 7.99. The third kappa shape index (κ3) is 12.0. The van der Waals surface area contributed by atoms with Crippen LogP contribution in [-0.4, -0.2) is 82.5 Å². The van der Waals surface area contributed by atoms with Crippen molar-refractivity contribution in [1.82, 2.24) is 4.90 Å². The lowest BCUT2D eigenvalue weighted by atomic mass is 9.55. The lowest BCUT2D eigenvalue weighted by Crippen LogP contribution is -2.70. The van der Waals surface area contributed by atoms with Crippen molar-refractivity contribution in [2.75, 3.05) is 39.0 Å². The Balaban J connectivity index is 1.20. The number of thioether (sulfide) groups is 1. The number of carbonyl (C=O) groups is 1. The van der Waals surface area contributed by atoms with E-state index in [-0.39, 0.29) is 75.5 Å². The highest BCUT2D eigenvalue weighted by Crippen LogP contribution is 2.62. The number of nitro benzene ring substituents is 1. The standard InChI is InChI=1S/C59H63N3O11S/c1-2-31-71-59-55(61(38-43-21-26-53-54(34-43)70-40-69-53)56(65)28-22-41-19-23-45(24-20-41)62(66)67)37-51(60-72-39-42-13-5-3-6-14-42)49-35-44(15-9-11-29-63)48(18-10-12-30-64)57(58(49)59)50-36-46(25-27-52(50)73-59)68-32-33-74-47-16-7-4-8-17-47/h2-8,13-14,16-17,19-28,34-36,44,48,55,57-58,63-64H,1,9-12,15,18,29-33,37-40H2. The number of aliphatic hydroxyl groups is 2. The smallest absolute Gasteiger partial charge is 0.269 e. The molecular formula is C59H63N3O11S. The molecule has 74 heavy (non-hydrogen) atoms. The topological polar surface area (TPSA) is 172 Å². The zero-order valence-corrected chi connectivity index (χ0v) is 42.2. The summed E-state index contributed by atoms with van der Waals surface area (Å²) in [5.74, 6) is 0.483. The van der Waals surface area contributed by atoms with E-state index in [9.17, 15) is 20.3 Å². The van der Waals surface area contributed by atoms with Crippen LogP contribution in [0.4, 0.5) is 5.69 Å². The number of unbranched alkanes of at least 4 members (excludes halogenated alkanes) is 2. The van der Waals surface area contributed by atoms with Crippen LogP contribution in [0.15, 0.2) is 162 Å². The van der Waals surface area contributed by atoms with Crippen LogP contribution in [0.1, 0.15) is 73.1 Å². The van der Waals surface area contributed by atoms with Gasteiger partial charge in [-0.15, -0.1) is 18.3 Å². The fraction of sp³-hybridized carbons (Fsp3) is 0.356. The van der Waals surface area contributed by atoms with Crippen LogP contribution in [0, 0.1) is 27.9 Å². The first-order chi connectivity index (χ1) is 36.3. The predicted molar refractivity (Wildman–Crippen MR) is 284 cm³/mol. The molecule has 5 aromatic carbocycles. The summed E-state index contributed by atoms with van der Waals surface area (Å²) in [5, 5.41) is 36.7. The van der Waals surface area contributed by atoms with E-state index in [1.807, 2.05) is 78.9 Å². The van der Waals surface area contributed by atoms with Crippen molar-refractivity contribution in [3.05, 3.63) is 184 Å². The molecule has 0 spiro atoms. The molecule has 2 heterocycles. The van der Waals surface area contributed by atoms with Crippen LogP contribution < -0.4 is 18.9 Å². The van der Waals surface area contributed by atoms with Gasteiger partial charge in [0.15, 0.2) is 11.5 Å². The lowest BCUT2D eigenvalue weighted by Gasteiger charge is -2.60. The van der Waals surface area contributed by atoms with E-state index in [1.54, 1.807) is 40.9 Å². The fourth-order valence-electron chi connectivity index (χ4n) is 10.9. The summed E-state index contributed by atoms with van der Waals surface area (Å²) in [7, 11) is 0. The van der Waals surface area contributed by atoms with Gasteiger partial charge in [-0.3, -0.25) is 14.9 Å². The molecule has 5 aromatic rings. The molecule has 2 aliphatic carbocycles. The van der Waals surface area contributed by atoms with Gasteiger partial charge in [0.1, 0.15) is 24.1 Å². The molecule has 1 fully saturated rings. The second-order valence-corrected chi connectivity index (χ2v) is 20.0. The number of nitrogens with zero attached hydrogens (tertiary/aromatic N) is 3. The van der Waals surface area contributed by atoms with Gasteiger partial charge in [-0.25, -0.2) is 0 Å². The van der Waals surface area contributed by atoms with Gasteiger partial charge in [-0.1, -0.05) is 84.7 Å². The predicted octanol–water partition coefficient (Wildman–Crippen LogP) is 11.1. The first kappa shape index (κ1) is 52.0. The molecule has 1 saturated carbocycles. The molecular weight excluding hydrogens is 959 g/mol. The van der Waals surface area contributed by atoms with Gasteiger partial charge in [0.2, 0.25) is 18.5 Å². The molecule has 9 rings (SSSR count). The number of nitro groups is 1. The zero-order valence-electron chi connectivity index (χ0n) is 41.4. The summed E-state index contributed by atoms with van der Waals surface area (Å²) in [6.45, 7) is 5.16. The van der Waals surface area contributed by atoms with E-state index >= 15 is 4.79 Å². The van der Waals surface area contributed by atoms with Gasteiger partial charge >= 0.3 is 0 Å². The van der Waals surface area contributed by atoms with Gasteiger partial charge in [-0.2, -0.15) is 0 Å². The Morgan fingerprint density at radius 1 is 0.878 bits per heavy atom. The number of ether oxygens (including phenoxy) is 5. The summed E-state index contributed by atoms with van der Waals surface area (Å²) in [5.41, 5.74) is 4.75. The third-order valence-electron chi connectivity index (χ3n) is 14.2. The van der Waals surface area contributed by atoms with E-state index in [1.165, 1.54) is 18.2 Å². The highest BCUT2D eigenvalue weighted by Gasteiger charge is 2.65. The molecule has 0 saturated heterocycles. The quantitative estimate of drug-likeness (QED) is 0.0142. The molecule has 1 amide bonds. The molecule has 2 aliphatic heterocycles. The Bertz CT molecular complexity index is 2810. The van der Waals surface area contributed by atoms with Crippen molar-refractivity contribution in [3.63, 3.8) is 0 Å². The lowest BCUT2D eigenvalue weighted by molar-refractivity contribution is -0.384. The zero-order chi connectivity index (χ0) is 51.3. The van der Waals surface area contributed by atoms with Crippen LogP contribution in [0.25, 0.3) is 6.08 Å². The molecule has 4 aliphatic rings. The largest absolute Gasteiger partial charge is 0.493 e. The minimum Gasteiger partial charge on any atom is -0.493 e. The number of allylic oxidation sites excluding steroid dienone is 1. The van der Waals surface area contributed by atoms with Crippen LogP contribution in [0.5, 0.6) is 23.0 Å². The Labute approximate surface area is 436 Å². The maximum absolute atomic E-state index is 15.4. The molecule has 15 heteroatoms. The van der Waals surface area contributed by atoms with Crippen LogP contribution in [0.2, 0.25) is 0 Å². The van der Waals surface area contributed by atoms with E-state index in [0.717, 1.165) is 58.6 Å². The summed E-state index contributed by atoms with van der Waals surface area (Å²) < 4.78 is 32.8. The highest BCUT2D eigenvalue weighted by atomic mass is 32.2. The second-order valence-electron chi connectivity index (χ2n) is 18.9. The second kappa shape index (κ2) is 24.9. The molecule has 6 unspecified atom stereocenters. The van der Waals surface area contributed by atoms with Crippen molar-refractivity contribution in [2.24, 2.45) is 22.9 Å². The van der Waals surface area contributed by atoms with Crippen molar-refractivity contribution < 1.29 is 48.5 Å². The normalized spacial score (nSPS) is 21.8. The van der Waals surface area contributed by atoms with Crippen LogP contribution >= 0.6 is 11.8 Å². The monoisotopic (exact) mass is 1020 g/mol. The Hall–Kier alpha value is -6.91. The average molecular weight is 1020 g/mol. The van der Waals surface area contributed by atoms with Crippen molar-refractivity contribution in [3.8, 4) is 23.0 Å². The Morgan fingerprint density at radius 3 is 2.38 bits per heavy atom. The summed E-state index contributed by atoms with van der Waals surface area (Å²) in [6, 6.07) is 36.8. The molecule has 6 atom stereocenters. The van der Waals surface area contributed by atoms with E-state index in [0.29, 0.717) is 53.7 Å². The molecule has 0 radical (unpaired) electrons. The summed E-state index contributed by atoms with van der Waals surface area (Å²) in [6.07, 6.45) is 11.7. The molecule has 0 aromatic heterocycles. The molecule has 14 nitrogen and oxygen atoms in total. The number of fused-ring (bicyclic) bond motifs is 3. The first-order valence-corrected chi connectivity index (χ1v) is 26.4. The van der Waals surface area contributed by atoms with Crippen molar-refractivity contribution in [2.45, 2.75) is 80.7 Å². The van der Waals surface area contributed by atoms with E-state index < -0.39 is 22.7 Å². The first-order valence-electron chi connectivity index (χ1n) is 25.4. The summed E-state index contributed by atoms with van der Waals surface area (Å²) >= 11 is 1.73. The number of benzene rings is 5. The van der Waals surface area contributed by atoms with E-state index in [4.69, 9.17) is 33.7 Å². The Morgan fingerprint density at radius 2 is 1.62 bits per heavy atom. The van der Waals surface area contributed by atoms with Gasteiger partial charge in [0, 0.05) is 66.5 Å². The minimum atomic E-state index is -1.54. The number of hydrogen-bond acceptors (Lipinski definition) is 13. The number of non-ortho nitro benzene ring substituents is 1. The number of carbonyl (C=O) groups excluding carboxylic acids is 1. The maximum atomic E-state index is 15.4. The van der Waals surface area contributed by atoms with Crippen LogP contribution in [0.3, 0.4) is 0 Å². The number of hydrogen-bond donors (Lipinski definition) is 2. The van der Waals surface area contributed by atoms with Crippen molar-refractivity contribution >= 4 is 35.1 Å². The molecule has 386 valence electrons. The van der Waals surface area contributed by atoms with Gasteiger partial charge in [-0.05, 0) is 120 Å². The average Bonchev–Trinajstić information content (AvgIpc) is 3.93. The van der Waals surface area contributed by atoms with Crippen LogP contribution in [-0.2, 0) is 27.5 Å². The van der Waals surface area contributed by atoms with E-state index in [2.05, 4.69) is 30.9 Å². The molecule has 0 bridgehead atoms. The fourth-order valence-corrected chi connectivity index (χ4v) is 11.6. The SMILES string of the molecule is C=CCOC12Oc3ccc(OCCSc4ccccc4)cc3C3C(CCCCO)C(CCCCO)C=C(C(=NOCc4ccccc4)CC1N(Cc1ccc4c(c1)OCO4)C(=O)C=Cc1ccc([N+](=O)[O-])cc1)C32. The number of oxime groups is 1. The van der Waals surface area contributed by atoms with Gasteiger partial charge in [0.05, 0.1) is 29.8 Å². The number of aliphatic hydroxyl groups excluding tert-OH is 2. The third-order valence-corrected chi connectivity index (χ3v) is 15.2. The minimum absolute atomic E-state index is 0.00230.